The highest BCUT2D eigenvalue weighted by Crippen LogP contribution is 2.20. The second-order valence-electron chi connectivity index (χ2n) is 5.49. The SMILES string of the molecule is CNC(=O)c1ccccc1NC(=O)Cc1cccc2ccccc12. The van der Waals surface area contributed by atoms with Crippen molar-refractivity contribution in [3.63, 3.8) is 0 Å². The molecule has 0 fully saturated rings. The van der Waals surface area contributed by atoms with Crippen LogP contribution in [0.1, 0.15) is 15.9 Å². The maximum absolute atomic E-state index is 12.4. The van der Waals surface area contributed by atoms with Crippen LogP contribution in [-0.4, -0.2) is 18.9 Å². The predicted octanol–water partition coefficient (Wildman–Crippen LogP) is 3.38. The smallest absolute Gasteiger partial charge is 0.253 e. The van der Waals surface area contributed by atoms with E-state index in [2.05, 4.69) is 10.6 Å². The van der Waals surface area contributed by atoms with Gasteiger partial charge in [0.15, 0.2) is 0 Å². The van der Waals surface area contributed by atoms with Gasteiger partial charge in [-0.3, -0.25) is 9.59 Å². The summed E-state index contributed by atoms with van der Waals surface area (Å²) in [6.45, 7) is 0. The molecule has 3 aromatic rings. The van der Waals surface area contributed by atoms with Crippen molar-refractivity contribution >= 4 is 28.3 Å². The van der Waals surface area contributed by atoms with Crippen LogP contribution in [0.15, 0.2) is 66.7 Å². The Kier molecular flexibility index (Phi) is 4.57. The van der Waals surface area contributed by atoms with Gasteiger partial charge in [0.25, 0.3) is 5.91 Å². The lowest BCUT2D eigenvalue weighted by atomic mass is 10.0. The zero-order valence-electron chi connectivity index (χ0n) is 13.4. The molecule has 0 bridgehead atoms. The Labute approximate surface area is 140 Å². The Balaban J connectivity index is 1.83. The third-order valence-electron chi connectivity index (χ3n) is 3.90. The van der Waals surface area contributed by atoms with E-state index in [4.69, 9.17) is 0 Å². The monoisotopic (exact) mass is 318 g/mol. The Morgan fingerprint density at radius 3 is 2.42 bits per heavy atom. The summed E-state index contributed by atoms with van der Waals surface area (Å²) in [5.74, 6) is -0.376. The van der Waals surface area contributed by atoms with Crippen LogP contribution in [0.4, 0.5) is 5.69 Å². The molecule has 24 heavy (non-hydrogen) atoms. The van der Waals surface area contributed by atoms with E-state index in [-0.39, 0.29) is 18.2 Å². The molecule has 0 saturated heterocycles. The second kappa shape index (κ2) is 6.96. The molecule has 2 N–H and O–H groups in total. The summed E-state index contributed by atoms with van der Waals surface area (Å²) in [6, 6.07) is 20.9. The number of amides is 2. The van der Waals surface area contributed by atoms with Gasteiger partial charge in [0, 0.05) is 7.05 Å². The molecular weight excluding hydrogens is 300 g/mol. The average molecular weight is 318 g/mol. The van der Waals surface area contributed by atoms with E-state index in [1.54, 1.807) is 31.3 Å². The molecule has 0 aliphatic carbocycles. The highest BCUT2D eigenvalue weighted by atomic mass is 16.2. The van der Waals surface area contributed by atoms with Crippen molar-refractivity contribution in [1.82, 2.24) is 5.32 Å². The molecule has 3 aromatic carbocycles. The maximum Gasteiger partial charge on any atom is 0.253 e. The van der Waals surface area contributed by atoms with Crippen molar-refractivity contribution in [3.8, 4) is 0 Å². The number of anilines is 1. The van der Waals surface area contributed by atoms with Gasteiger partial charge in [-0.1, -0.05) is 54.6 Å². The van der Waals surface area contributed by atoms with Gasteiger partial charge in [-0.25, -0.2) is 0 Å². The number of hydrogen-bond donors (Lipinski definition) is 2. The first-order chi connectivity index (χ1) is 11.7. The molecule has 0 aliphatic rings. The van der Waals surface area contributed by atoms with E-state index in [1.807, 2.05) is 42.5 Å². The van der Waals surface area contributed by atoms with Crippen molar-refractivity contribution in [2.24, 2.45) is 0 Å². The van der Waals surface area contributed by atoms with Gasteiger partial charge in [-0.15, -0.1) is 0 Å². The Morgan fingerprint density at radius 2 is 1.58 bits per heavy atom. The number of hydrogen-bond acceptors (Lipinski definition) is 2. The summed E-state index contributed by atoms with van der Waals surface area (Å²) in [7, 11) is 1.57. The van der Waals surface area contributed by atoms with E-state index in [0.29, 0.717) is 11.3 Å². The average Bonchev–Trinajstić information content (AvgIpc) is 2.62. The summed E-state index contributed by atoms with van der Waals surface area (Å²) >= 11 is 0. The van der Waals surface area contributed by atoms with Crippen LogP contribution in [0.5, 0.6) is 0 Å². The number of carbonyl (C=O) groups excluding carboxylic acids is 2. The molecule has 2 amide bonds. The van der Waals surface area contributed by atoms with Crippen LogP contribution in [0.25, 0.3) is 10.8 Å². The number of para-hydroxylation sites is 1. The van der Waals surface area contributed by atoms with Gasteiger partial charge < -0.3 is 10.6 Å². The van der Waals surface area contributed by atoms with Gasteiger partial charge in [0.2, 0.25) is 5.91 Å². The normalized spacial score (nSPS) is 10.4. The first kappa shape index (κ1) is 15.7. The van der Waals surface area contributed by atoms with Crippen LogP contribution in [0, 0.1) is 0 Å². The van der Waals surface area contributed by atoms with Gasteiger partial charge in [0.1, 0.15) is 0 Å². The van der Waals surface area contributed by atoms with Gasteiger partial charge in [-0.05, 0) is 28.5 Å². The fraction of sp³-hybridized carbons (Fsp3) is 0.100. The molecular formula is C20H18N2O2. The molecule has 0 unspecified atom stereocenters. The van der Waals surface area contributed by atoms with E-state index in [0.717, 1.165) is 16.3 Å². The first-order valence-electron chi connectivity index (χ1n) is 7.76. The van der Waals surface area contributed by atoms with E-state index in [9.17, 15) is 9.59 Å². The van der Waals surface area contributed by atoms with Gasteiger partial charge in [-0.2, -0.15) is 0 Å². The van der Waals surface area contributed by atoms with Crippen LogP contribution >= 0.6 is 0 Å². The molecule has 0 atom stereocenters. The number of nitrogens with one attached hydrogen (secondary N) is 2. The number of rotatable bonds is 4. The van der Waals surface area contributed by atoms with Gasteiger partial charge >= 0.3 is 0 Å². The van der Waals surface area contributed by atoms with Crippen LogP contribution < -0.4 is 10.6 Å². The molecule has 120 valence electrons. The summed E-state index contributed by atoms with van der Waals surface area (Å²) in [5, 5.41) is 7.59. The molecule has 0 aliphatic heterocycles. The fourth-order valence-corrected chi connectivity index (χ4v) is 2.74. The van der Waals surface area contributed by atoms with Crippen molar-refractivity contribution in [1.29, 1.82) is 0 Å². The number of fused-ring (bicyclic) bond motifs is 1. The molecule has 4 heteroatoms. The van der Waals surface area contributed by atoms with Crippen molar-refractivity contribution < 1.29 is 9.59 Å². The van der Waals surface area contributed by atoms with Gasteiger partial charge in [0.05, 0.1) is 17.7 Å². The molecule has 0 spiro atoms. The minimum Gasteiger partial charge on any atom is -0.355 e. The third-order valence-corrected chi connectivity index (χ3v) is 3.90. The summed E-state index contributed by atoms with van der Waals surface area (Å²) < 4.78 is 0. The Bertz CT molecular complexity index is 898. The minimum atomic E-state index is -0.226. The van der Waals surface area contributed by atoms with Crippen molar-refractivity contribution in [2.75, 3.05) is 12.4 Å². The lowest BCUT2D eigenvalue weighted by molar-refractivity contribution is -0.115. The maximum atomic E-state index is 12.4. The largest absolute Gasteiger partial charge is 0.355 e. The first-order valence-corrected chi connectivity index (χ1v) is 7.76. The number of carbonyl (C=O) groups is 2. The van der Waals surface area contributed by atoms with Crippen molar-refractivity contribution in [3.05, 3.63) is 77.9 Å². The molecule has 4 nitrogen and oxygen atoms in total. The lowest BCUT2D eigenvalue weighted by Gasteiger charge is -2.11. The summed E-state index contributed by atoms with van der Waals surface area (Å²) in [6.07, 6.45) is 0.253. The van der Waals surface area contributed by atoms with E-state index in [1.165, 1.54) is 0 Å². The predicted molar refractivity (Wildman–Crippen MR) is 96.1 cm³/mol. The summed E-state index contributed by atoms with van der Waals surface area (Å²) in [5.41, 5.74) is 1.93. The zero-order chi connectivity index (χ0) is 16.9. The number of benzene rings is 3. The Morgan fingerprint density at radius 1 is 0.875 bits per heavy atom. The summed E-state index contributed by atoms with van der Waals surface area (Å²) in [4.78, 5) is 24.3. The van der Waals surface area contributed by atoms with E-state index >= 15 is 0 Å². The molecule has 0 radical (unpaired) electrons. The highest BCUT2D eigenvalue weighted by Gasteiger charge is 2.12. The molecule has 3 rings (SSSR count). The third kappa shape index (κ3) is 3.27. The lowest BCUT2D eigenvalue weighted by Crippen LogP contribution is -2.22. The van der Waals surface area contributed by atoms with Crippen LogP contribution in [0.3, 0.4) is 0 Å². The zero-order valence-corrected chi connectivity index (χ0v) is 13.4. The topological polar surface area (TPSA) is 58.2 Å². The highest BCUT2D eigenvalue weighted by molar-refractivity contribution is 6.04. The standard InChI is InChI=1S/C20H18N2O2/c1-21-20(24)17-11-4-5-12-18(17)22-19(23)13-15-9-6-8-14-7-2-3-10-16(14)15/h2-12H,13H2,1H3,(H,21,24)(H,22,23). The molecule has 0 saturated carbocycles. The van der Waals surface area contributed by atoms with E-state index < -0.39 is 0 Å². The fourth-order valence-electron chi connectivity index (χ4n) is 2.74. The van der Waals surface area contributed by atoms with Crippen LogP contribution in [0.2, 0.25) is 0 Å². The minimum absolute atomic E-state index is 0.150. The van der Waals surface area contributed by atoms with Crippen LogP contribution in [-0.2, 0) is 11.2 Å². The molecule has 0 heterocycles. The quantitative estimate of drug-likeness (QED) is 0.775. The molecule has 0 aromatic heterocycles. The van der Waals surface area contributed by atoms with Crippen molar-refractivity contribution in [2.45, 2.75) is 6.42 Å². The second-order valence-corrected chi connectivity index (χ2v) is 5.49. The Hall–Kier alpha value is -3.14.